The first-order chi connectivity index (χ1) is 12.0. The van der Waals surface area contributed by atoms with Crippen LogP contribution in [0.3, 0.4) is 0 Å². The molecule has 0 saturated carbocycles. The van der Waals surface area contributed by atoms with Gasteiger partial charge in [-0.1, -0.05) is 35.3 Å². The highest BCUT2D eigenvalue weighted by molar-refractivity contribution is 6.36. The van der Waals surface area contributed by atoms with Gasteiger partial charge in [0, 0.05) is 43.4 Å². The SMILES string of the molecule is CN1CCN(Cc2cccc(NC(=O)c3cc(Cl)ccc3Cl)c2)CC1. The van der Waals surface area contributed by atoms with Crippen LogP contribution in [-0.4, -0.2) is 48.9 Å². The van der Waals surface area contributed by atoms with Crippen molar-refractivity contribution in [3.8, 4) is 0 Å². The van der Waals surface area contributed by atoms with Crippen molar-refractivity contribution in [2.24, 2.45) is 0 Å². The molecule has 0 spiro atoms. The molecule has 1 fully saturated rings. The number of carbonyl (C=O) groups excluding carboxylic acids is 1. The number of benzene rings is 2. The van der Waals surface area contributed by atoms with Gasteiger partial charge in [-0.3, -0.25) is 9.69 Å². The van der Waals surface area contributed by atoms with Crippen LogP contribution in [-0.2, 0) is 6.54 Å². The molecule has 6 heteroatoms. The maximum atomic E-state index is 12.5. The lowest BCUT2D eigenvalue weighted by molar-refractivity contribution is 0.102. The summed E-state index contributed by atoms with van der Waals surface area (Å²) in [7, 11) is 2.15. The van der Waals surface area contributed by atoms with E-state index in [1.54, 1.807) is 18.2 Å². The summed E-state index contributed by atoms with van der Waals surface area (Å²) in [5, 5.41) is 3.77. The summed E-state index contributed by atoms with van der Waals surface area (Å²) in [5.74, 6) is -0.260. The Morgan fingerprint density at radius 3 is 2.60 bits per heavy atom. The second-order valence-electron chi connectivity index (χ2n) is 6.36. The van der Waals surface area contributed by atoms with Gasteiger partial charge in [-0.15, -0.1) is 0 Å². The van der Waals surface area contributed by atoms with Crippen LogP contribution in [0.15, 0.2) is 42.5 Å². The molecule has 1 saturated heterocycles. The Hall–Kier alpha value is -1.59. The lowest BCUT2D eigenvalue weighted by Gasteiger charge is -2.32. The predicted molar refractivity (Wildman–Crippen MR) is 104 cm³/mol. The molecule has 2 aromatic rings. The van der Waals surface area contributed by atoms with Gasteiger partial charge in [0.15, 0.2) is 0 Å². The molecule has 1 amide bonds. The number of piperazine rings is 1. The number of halogens is 2. The fourth-order valence-corrected chi connectivity index (χ4v) is 3.26. The molecule has 25 heavy (non-hydrogen) atoms. The number of hydrogen-bond acceptors (Lipinski definition) is 3. The van der Waals surface area contributed by atoms with E-state index >= 15 is 0 Å². The fraction of sp³-hybridized carbons (Fsp3) is 0.316. The van der Waals surface area contributed by atoms with Crippen LogP contribution in [0.2, 0.25) is 10.0 Å². The van der Waals surface area contributed by atoms with Crippen molar-refractivity contribution in [2.75, 3.05) is 38.5 Å². The van der Waals surface area contributed by atoms with Crippen LogP contribution in [0, 0.1) is 0 Å². The normalized spacial score (nSPS) is 16.0. The molecule has 2 aromatic carbocycles. The monoisotopic (exact) mass is 377 g/mol. The Morgan fingerprint density at radius 2 is 1.84 bits per heavy atom. The number of hydrogen-bond donors (Lipinski definition) is 1. The number of nitrogens with one attached hydrogen (secondary N) is 1. The van der Waals surface area contributed by atoms with E-state index in [0.29, 0.717) is 15.6 Å². The minimum Gasteiger partial charge on any atom is -0.322 e. The van der Waals surface area contributed by atoms with E-state index in [1.807, 2.05) is 18.2 Å². The van der Waals surface area contributed by atoms with Crippen LogP contribution < -0.4 is 5.32 Å². The average molecular weight is 378 g/mol. The molecule has 0 bridgehead atoms. The zero-order valence-electron chi connectivity index (χ0n) is 14.1. The number of anilines is 1. The molecule has 0 unspecified atom stereocenters. The first kappa shape index (κ1) is 18.2. The second-order valence-corrected chi connectivity index (χ2v) is 7.20. The molecule has 0 aromatic heterocycles. The maximum Gasteiger partial charge on any atom is 0.257 e. The summed E-state index contributed by atoms with van der Waals surface area (Å²) in [6.45, 7) is 5.18. The number of amides is 1. The van der Waals surface area contributed by atoms with Crippen LogP contribution >= 0.6 is 23.2 Å². The van der Waals surface area contributed by atoms with Crippen molar-refractivity contribution in [3.63, 3.8) is 0 Å². The summed E-state index contributed by atoms with van der Waals surface area (Å²) < 4.78 is 0. The predicted octanol–water partition coefficient (Wildman–Crippen LogP) is 3.99. The standard InChI is InChI=1S/C19H21Cl2N3O/c1-23-7-9-24(10-8-23)13-14-3-2-4-16(11-14)22-19(25)17-12-15(20)5-6-18(17)21/h2-6,11-12H,7-10,13H2,1H3,(H,22,25). The van der Waals surface area contributed by atoms with E-state index in [2.05, 4.69) is 28.2 Å². The lowest BCUT2D eigenvalue weighted by Crippen LogP contribution is -2.43. The van der Waals surface area contributed by atoms with Crippen molar-refractivity contribution in [3.05, 3.63) is 63.6 Å². The first-order valence-corrected chi connectivity index (χ1v) is 9.03. The summed E-state index contributed by atoms with van der Waals surface area (Å²) >= 11 is 12.1. The molecular formula is C19H21Cl2N3O. The van der Waals surface area contributed by atoms with E-state index in [0.717, 1.165) is 38.4 Å². The minimum atomic E-state index is -0.260. The van der Waals surface area contributed by atoms with Gasteiger partial charge in [0.25, 0.3) is 5.91 Å². The quantitative estimate of drug-likeness (QED) is 0.874. The van der Waals surface area contributed by atoms with E-state index in [-0.39, 0.29) is 5.91 Å². The van der Waals surface area contributed by atoms with E-state index in [4.69, 9.17) is 23.2 Å². The molecule has 0 aliphatic carbocycles. The molecule has 1 N–H and O–H groups in total. The smallest absolute Gasteiger partial charge is 0.257 e. The van der Waals surface area contributed by atoms with E-state index < -0.39 is 0 Å². The Labute approximate surface area is 158 Å². The largest absolute Gasteiger partial charge is 0.322 e. The first-order valence-electron chi connectivity index (χ1n) is 8.27. The summed E-state index contributed by atoms with van der Waals surface area (Å²) in [5.41, 5.74) is 2.31. The van der Waals surface area contributed by atoms with Crippen molar-refractivity contribution < 1.29 is 4.79 Å². The van der Waals surface area contributed by atoms with Gasteiger partial charge >= 0.3 is 0 Å². The van der Waals surface area contributed by atoms with Crippen molar-refractivity contribution >= 4 is 34.8 Å². The Kier molecular flexibility index (Phi) is 5.97. The molecule has 4 nitrogen and oxygen atoms in total. The third kappa shape index (κ3) is 4.95. The number of rotatable bonds is 4. The Morgan fingerprint density at radius 1 is 1.08 bits per heavy atom. The lowest BCUT2D eigenvalue weighted by atomic mass is 10.1. The van der Waals surface area contributed by atoms with Crippen molar-refractivity contribution in [2.45, 2.75) is 6.54 Å². The van der Waals surface area contributed by atoms with Gasteiger partial charge in [0.05, 0.1) is 10.6 Å². The molecule has 3 rings (SSSR count). The second kappa shape index (κ2) is 8.19. The molecular weight excluding hydrogens is 357 g/mol. The minimum absolute atomic E-state index is 0.260. The maximum absolute atomic E-state index is 12.5. The zero-order chi connectivity index (χ0) is 17.8. The molecule has 1 aliphatic heterocycles. The van der Waals surface area contributed by atoms with Gasteiger partial charge < -0.3 is 10.2 Å². The van der Waals surface area contributed by atoms with Crippen LogP contribution in [0.25, 0.3) is 0 Å². The molecule has 132 valence electrons. The highest BCUT2D eigenvalue weighted by Gasteiger charge is 2.15. The Bertz CT molecular complexity index is 758. The third-order valence-electron chi connectivity index (χ3n) is 4.36. The summed E-state index contributed by atoms with van der Waals surface area (Å²) in [4.78, 5) is 17.2. The molecule has 1 heterocycles. The average Bonchev–Trinajstić information content (AvgIpc) is 2.59. The van der Waals surface area contributed by atoms with Crippen molar-refractivity contribution in [1.82, 2.24) is 9.80 Å². The fourth-order valence-electron chi connectivity index (χ4n) is 2.88. The van der Waals surface area contributed by atoms with Crippen LogP contribution in [0.1, 0.15) is 15.9 Å². The molecule has 1 aliphatic rings. The third-order valence-corrected chi connectivity index (χ3v) is 4.92. The molecule has 0 atom stereocenters. The van der Waals surface area contributed by atoms with Crippen LogP contribution in [0.4, 0.5) is 5.69 Å². The van der Waals surface area contributed by atoms with E-state index in [1.165, 1.54) is 5.56 Å². The Balaban J connectivity index is 1.67. The highest BCUT2D eigenvalue weighted by Crippen LogP contribution is 2.22. The zero-order valence-corrected chi connectivity index (χ0v) is 15.6. The van der Waals surface area contributed by atoms with Gasteiger partial charge in [0.1, 0.15) is 0 Å². The van der Waals surface area contributed by atoms with Crippen LogP contribution in [0.5, 0.6) is 0 Å². The number of nitrogens with zero attached hydrogens (tertiary/aromatic N) is 2. The number of likely N-dealkylation sites (N-methyl/N-ethyl adjacent to an activating group) is 1. The van der Waals surface area contributed by atoms with Gasteiger partial charge in [0.2, 0.25) is 0 Å². The molecule has 0 radical (unpaired) electrons. The summed E-state index contributed by atoms with van der Waals surface area (Å²) in [6.07, 6.45) is 0. The van der Waals surface area contributed by atoms with Gasteiger partial charge in [-0.2, -0.15) is 0 Å². The number of carbonyl (C=O) groups is 1. The van der Waals surface area contributed by atoms with Gasteiger partial charge in [-0.05, 0) is 42.9 Å². The van der Waals surface area contributed by atoms with Gasteiger partial charge in [-0.25, -0.2) is 0 Å². The topological polar surface area (TPSA) is 35.6 Å². The summed E-state index contributed by atoms with van der Waals surface area (Å²) in [6, 6.07) is 12.8. The van der Waals surface area contributed by atoms with Crippen molar-refractivity contribution in [1.29, 1.82) is 0 Å². The van der Waals surface area contributed by atoms with E-state index in [9.17, 15) is 4.79 Å². The highest BCUT2D eigenvalue weighted by atomic mass is 35.5.